The van der Waals surface area contributed by atoms with E-state index in [1.807, 2.05) is 0 Å². The Morgan fingerprint density at radius 1 is 1.33 bits per heavy atom. The smallest absolute Gasteiger partial charge is 0.275 e. The van der Waals surface area contributed by atoms with Gasteiger partial charge in [-0.25, -0.2) is 0 Å². The van der Waals surface area contributed by atoms with Crippen LogP contribution in [0.2, 0.25) is 0 Å². The molecule has 82 valence electrons. The quantitative estimate of drug-likeness (QED) is 0.618. The number of rotatable bonds is 4. The van der Waals surface area contributed by atoms with Crippen molar-refractivity contribution in [2.75, 3.05) is 0 Å². The second-order valence-corrected chi connectivity index (χ2v) is 2.77. The second-order valence-electron chi connectivity index (χ2n) is 2.77. The fourth-order valence-electron chi connectivity index (χ4n) is 1.10. The molecule has 0 aliphatic carbocycles. The molecule has 1 aromatic carbocycles. The Labute approximate surface area is 85.3 Å². The molecular weight excluding hydrogens is 207 g/mol. The van der Waals surface area contributed by atoms with Gasteiger partial charge in [-0.3, -0.25) is 10.3 Å². The van der Waals surface area contributed by atoms with E-state index in [0.29, 0.717) is 0 Å². The van der Waals surface area contributed by atoms with Crippen LogP contribution >= 0.6 is 0 Å². The average Bonchev–Trinajstić information content (AvgIpc) is 2.17. The summed E-state index contributed by atoms with van der Waals surface area (Å²) < 4.78 is 37.4. The Balaban J connectivity index is 2.82. The summed E-state index contributed by atoms with van der Waals surface area (Å²) in [7, 11) is 0. The third-order valence-corrected chi connectivity index (χ3v) is 1.72. The zero-order chi connectivity index (χ0) is 11.3. The van der Waals surface area contributed by atoms with Gasteiger partial charge in [-0.2, -0.15) is 13.2 Å². The van der Waals surface area contributed by atoms with Crippen LogP contribution < -0.4 is 5.48 Å². The molecule has 1 N–H and O–H groups in total. The molecule has 0 fully saturated rings. The number of nitrogens with one attached hydrogen (secondary N) is 1. The number of halogens is 3. The fourth-order valence-corrected chi connectivity index (χ4v) is 1.10. The van der Waals surface area contributed by atoms with E-state index in [4.69, 9.17) is 4.84 Å². The minimum atomic E-state index is -4.35. The predicted molar refractivity (Wildman–Crippen MR) is 49.6 cm³/mol. The van der Waals surface area contributed by atoms with E-state index >= 15 is 0 Å². The van der Waals surface area contributed by atoms with Crippen molar-refractivity contribution in [2.24, 2.45) is 0 Å². The van der Waals surface area contributed by atoms with Crippen molar-refractivity contribution in [1.29, 1.82) is 0 Å². The summed E-state index contributed by atoms with van der Waals surface area (Å²) in [5, 5.41) is 0. The topological polar surface area (TPSA) is 21.3 Å². The van der Waals surface area contributed by atoms with Crippen molar-refractivity contribution in [2.45, 2.75) is 12.8 Å². The molecule has 0 aliphatic heterocycles. The second kappa shape index (κ2) is 4.84. The molecule has 0 unspecified atom stereocenters. The lowest BCUT2D eigenvalue weighted by atomic mass is 10.1. The Morgan fingerprint density at radius 2 is 2.00 bits per heavy atom. The molecule has 0 radical (unpaired) electrons. The minimum absolute atomic E-state index is 0.0827. The molecule has 0 atom stereocenters. The molecule has 2 nitrogen and oxygen atoms in total. The average molecular weight is 217 g/mol. The third-order valence-electron chi connectivity index (χ3n) is 1.72. The molecular formula is C10H10F3NO. The van der Waals surface area contributed by atoms with E-state index < -0.39 is 11.7 Å². The first-order valence-corrected chi connectivity index (χ1v) is 4.19. The molecule has 0 amide bonds. The number of hydrogen-bond donors (Lipinski definition) is 1. The maximum Gasteiger partial charge on any atom is 0.416 e. The Bertz CT molecular complexity index is 336. The predicted octanol–water partition coefficient (Wildman–Crippen LogP) is 2.87. The highest BCUT2D eigenvalue weighted by atomic mass is 19.4. The van der Waals surface area contributed by atoms with E-state index in [9.17, 15) is 13.2 Å². The SMILES string of the molecule is C=CNOCc1ccccc1C(F)(F)F. The molecule has 1 aromatic rings. The zero-order valence-electron chi connectivity index (χ0n) is 7.84. The van der Waals surface area contributed by atoms with E-state index in [1.165, 1.54) is 24.4 Å². The van der Waals surface area contributed by atoms with E-state index in [-0.39, 0.29) is 12.2 Å². The van der Waals surface area contributed by atoms with Gasteiger partial charge in [-0.05, 0) is 11.6 Å². The minimum Gasteiger partial charge on any atom is -0.275 e. The molecule has 5 heteroatoms. The molecule has 0 bridgehead atoms. The van der Waals surface area contributed by atoms with Gasteiger partial charge in [0.2, 0.25) is 0 Å². The van der Waals surface area contributed by atoms with Crippen LogP contribution in [0.15, 0.2) is 37.0 Å². The summed E-state index contributed by atoms with van der Waals surface area (Å²) in [5.74, 6) is 0. The zero-order valence-corrected chi connectivity index (χ0v) is 7.84. The van der Waals surface area contributed by atoms with Crippen molar-refractivity contribution in [3.63, 3.8) is 0 Å². The molecule has 0 aromatic heterocycles. The van der Waals surface area contributed by atoms with Gasteiger partial charge >= 0.3 is 6.18 Å². The van der Waals surface area contributed by atoms with Crippen molar-refractivity contribution < 1.29 is 18.0 Å². The van der Waals surface area contributed by atoms with Crippen molar-refractivity contribution in [3.8, 4) is 0 Å². The number of hydroxylamine groups is 1. The molecule has 0 saturated carbocycles. The van der Waals surface area contributed by atoms with E-state index in [1.54, 1.807) is 0 Å². The van der Waals surface area contributed by atoms with Crippen LogP contribution in [0.5, 0.6) is 0 Å². The first kappa shape index (κ1) is 11.6. The monoisotopic (exact) mass is 217 g/mol. The summed E-state index contributed by atoms with van der Waals surface area (Å²) in [5.41, 5.74) is 1.67. The maximum atomic E-state index is 12.5. The molecule has 0 heterocycles. The summed E-state index contributed by atoms with van der Waals surface area (Å²) in [6.45, 7) is 3.14. The van der Waals surface area contributed by atoms with Crippen molar-refractivity contribution in [3.05, 3.63) is 48.2 Å². The molecule has 0 aliphatic rings. The Kier molecular flexibility index (Phi) is 3.74. The first-order valence-electron chi connectivity index (χ1n) is 4.19. The Morgan fingerprint density at radius 3 is 2.60 bits per heavy atom. The number of alkyl halides is 3. The van der Waals surface area contributed by atoms with Gasteiger partial charge in [-0.1, -0.05) is 24.8 Å². The van der Waals surface area contributed by atoms with Gasteiger partial charge < -0.3 is 0 Å². The maximum absolute atomic E-state index is 12.5. The van der Waals surface area contributed by atoms with Crippen LogP contribution in [0, 0.1) is 0 Å². The highest BCUT2D eigenvalue weighted by Crippen LogP contribution is 2.31. The summed E-state index contributed by atoms with van der Waals surface area (Å²) in [6, 6.07) is 5.26. The lowest BCUT2D eigenvalue weighted by Gasteiger charge is -2.12. The summed E-state index contributed by atoms with van der Waals surface area (Å²) in [6.07, 6.45) is -3.11. The molecule has 0 saturated heterocycles. The summed E-state index contributed by atoms with van der Waals surface area (Å²) in [4.78, 5) is 4.74. The van der Waals surface area contributed by atoms with Crippen LogP contribution in [0.3, 0.4) is 0 Å². The highest BCUT2D eigenvalue weighted by molar-refractivity contribution is 5.28. The number of benzene rings is 1. The summed E-state index contributed by atoms with van der Waals surface area (Å²) >= 11 is 0. The lowest BCUT2D eigenvalue weighted by Crippen LogP contribution is -2.12. The number of hydrogen-bond acceptors (Lipinski definition) is 2. The van der Waals surface area contributed by atoms with Crippen LogP contribution in [0.1, 0.15) is 11.1 Å². The van der Waals surface area contributed by atoms with Gasteiger partial charge in [-0.15, -0.1) is 0 Å². The standard InChI is InChI=1S/C10H10F3NO/c1-2-14-15-7-8-5-3-4-6-9(8)10(11,12)13/h2-6,14H,1,7H2. The normalized spacial score (nSPS) is 11.1. The van der Waals surface area contributed by atoms with Crippen LogP contribution in [0.4, 0.5) is 13.2 Å². The Hall–Kier alpha value is -1.49. The highest BCUT2D eigenvalue weighted by Gasteiger charge is 2.32. The fraction of sp³-hybridized carbons (Fsp3) is 0.200. The van der Waals surface area contributed by atoms with E-state index in [2.05, 4.69) is 12.1 Å². The van der Waals surface area contributed by atoms with Gasteiger partial charge in [0.15, 0.2) is 0 Å². The third kappa shape index (κ3) is 3.28. The van der Waals surface area contributed by atoms with Crippen molar-refractivity contribution in [1.82, 2.24) is 5.48 Å². The van der Waals surface area contributed by atoms with Gasteiger partial charge in [0, 0.05) is 6.20 Å². The van der Waals surface area contributed by atoms with Gasteiger partial charge in [0.1, 0.15) is 6.61 Å². The molecule has 0 spiro atoms. The van der Waals surface area contributed by atoms with Crippen LogP contribution in [-0.4, -0.2) is 0 Å². The molecule has 1 rings (SSSR count). The van der Waals surface area contributed by atoms with Crippen LogP contribution in [-0.2, 0) is 17.6 Å². The van der Waals surface area contributed by atoms with Crippen LogP contribution in [0.25, 0.3) is 0 Å². The van der Waals surface area contributed by atoms with E-state index in [0.717, 1.165) is 6.07 Å². The molecule has 15 heavy (non-hydrogen) atoms. The van der Waals surface area contributed by atoms with Crippen molar-refractivity contribution >= 4 is 0 Å². The largest absolute Gasteiger partial charge is 0.416 e. The first-order chi connectivity index (χ1) is 7.05. The lowest BCUT2D eigenvalue weighted by molar-refractivity contribution is -0.139. The van der Waals surface area contributed by atoms with Gasteiger partial charge in [0.25, 0.3) is 0 Å². The van der Waals surface area contributed by atoms with Gasteiger partial charge in [0.05, 0.1) is 5.56 Å².